The van der Waals surface area contributed by atoms with Gasteiger partial charge in [0.05, 0.1) is 12.2 Å². The third kappa shape index (κ3) is 5.36. The number of carboxylic acid groups (broad SMARTS) is 1. The summed E-state index contributed by atoms with van der Waals surface area (Å²) in [4.78, 5) is 11.2. The molecule has 0 heterocycles. The Kier molecular flexibility index (Phi) is 7.64. The van der Waals surface area contributed by atoms with E-state index >= 15 is 0 Å². The molecule has 4 aliphatic carbocycles. The van der Waals surface area contributed by atoms with Gasteiger partial charge in [-0.05, 0) is 97.7 Å². The molecule has 0 aliphatic heterocycles. The van der Waals surface area contributed by atoms with E-state index in [-0.39, 0.29) is 53.3 Å². The average Bonchev–Trinajstić information content (AvgIpc) is 3.08. The molecule has 0 saturated heterocycles. The molecule has 0 spiro atoms. The van der Waals surface area contributed by atoms with Crippen LogP contribution in [0.3, 0.4) is 0 Å². The van der Waals surface area contributed by atoms with Gasteiger partial charge in [0.1, 0.15) is 0 Å². The van der Waals surface area contributed by atoms with E-state index < -0.39 is 39.0 Å². The lowest BCUT2D eigenvalue weighted by molar-refractivity contribution is -0.178. The molecule has 0 amide bonds. The molecule has 208 valence electrons. The summed E-state index contributed by atoms with van der Waals surface area (Å²) < 4.78 is 76.5. The molecule has 0 aromatic heterocycles. The van der Waals surface area contributed by atoms with Gasteiger partial charge in [0.25, 0.3) is 0 Å². The molecule has 3 N–H and O–H groups in total. The van der Waals surface area contributed by atoms with Crippen LogP contribution in [0, 0.1) is 46.3 Å². The Labute approximate surface area is 214 Å². The minimum absolute atomic E-state index is 0.0435. The number of carboxylic acids is 1. The minimum atomic E-state index is -4.75. The van der Waals surface area contributed by atoms with Gasteiger partial charge < -0.3 is 5.11 Å². The van der Waals surface area contributed by atoms with Crippen LogP contribution in [-0.2, 0) is 34.0 Å². The van der Waals surface area contributed by atoms with E-state index in [4.69, 9.17) is 13.5 Å². The Morgan fingerprint density at radius 3 is 2.11 bits per heavy atom. The van der Waals surface area contributed by atoms with Crippen LogP contribution in [0.4, 0.5) is 0 Å². The van der Waals surface area contributed by atoms with E-state index in [9.17, 15) is 30.7 Å². The van der Waals surface area contributed by atoms with Crippen LogP contribution < -0.4 is 0 Å². The van der Waals surface area contributed by atoms with Gasteiger partial charge >= 0.3 is 26.8 Å². The number of carbonyl (C=O) groups is 1. The summed E-state index contributed by atoms with van der Waals surface area (Å²) in [5, 5.41) is 9.17. The SMILES string of the molecule is C[C@H](CCC(=O)O)[C@H]1CCC2[C@@H]3[C@H](OS(=O)(=O)O)CC4[C@H](OS(=O)(=O)O)CCC[C@]4(C)[C@H]3CC[C@@]21C. The van der Waals surface area contributed by atoms with E-state index in [1.165, 1.54) is 0 Å². The standard InChI is InChI=1S/C24H40O10S2/c1-14(6-9-21(25)26)15-7-8-16-22-17(10-12-24(15,16)3)23(2)11-4-5-19(33-35(27,28)29)18(23)13-20(22)34-36(30,31)32/h14-20,22H,4-13H2,1-3H3,(H,25,26)(H,27,28,29)(H,30,31,32)/t14-,15-,16?,17+,18?,19-,20-,22+,23-,24-/m1/s1. The summed E-state index contributed by atoms with van der Waals surface area (Å²) in [6, 6.07) is 0. The van der Waals surface area contributed by atoms with Gasteiger partial charge in [-0.25, -0.2) is 8.37 Å². The second-order valence-electron chi connectivity index (χ2n) is 12.3. The van der Waals surface area contributed by atoms with Crippen LogP contribution in [0.5, 0.6) is 0 Å². The molecular weight excluding hydrogens is 512 g/mol. The second-order valence-corrected chi connectivity index (χ2v) is 14.4. The molecule has 0 bridgehead atoms. The lowest BCUT2D eigenvalue weighted by atomic mass is 9.43. The monoisotopic (exact) mass is 552 g/mol. The van der Waals surface area contributed by atoms with Gasteiger partial charge in [-0.2, -0.15) is 16.8 Å². The first-order chi connectivity index (χ1) is 16.6. The van der Waals surface area contributed by atoms with Crippen molar-refractivity contribution in [3.8, 4) is 0 Å². The molecule has 4 rings (SSSR count). The van der Waals surface area contributed by atoms with Gasteiger partial charge in [-0.3, -0.25) is 13.9 Å². The zero-order chi connectivity index (χ0) is 26.7. The molecule has 0 aromatic carbocycles. The Morgan fingerprint density at radius 2 is 1.50 bits per heavy atom. The van der Waals surface area contributed by atoms with Crippen molar-refractivity contribution in [2.24, 2.45) is 46.3 Å². The lowest BCUT2D eigenvalue weighted by Gasteiger charge is -2.63. The maximum absolute atomic E-state index is 11.9. The average molecular weight is 553 g/mol. The lowest BCUT2D eigenvalue weighted by Crippen LogP contribution is -2.61. The molecule has 12 heteroatoms. The van der Waals surface area contributed by atoms with Crippen LogP contribution in [0.25, 0.3) is 0 Å². The highest BCUT2D eigenvalue weighted by atomic mass is 32.3. The smallest absolute Gasteiger partial charge is 0.397 e. The van der Waals surface area contributed by atoms with Crippen LogP contribution in [0.1, 0.15) is 85.0 Å². The van der Waals surface area contributed by atoms with Crippen LogP contribution in [-0.4, -0.2) is 49.2 Å². The van der Waals surface area contributed by atoms with Gasteiger partial charge in [-0.1, -0.05) is 27.2 Å². The quantitative estimate of drug-likeness (QED) is 0.373. The van der Waals surface area contributed by atoms with Crippen molar-refractivity contribution in [3.63, 3.8) is 0 Å². The van der Waals surface area contributed by atoms with Crippen molar-refractivity contribution >= 4 is 26.8 Å². The summed E-state index contributed by atoms with van der Waals surface area (Å²) in [5.41, 5.74) is -0.437. The Hall–Kier alpha value is -0.790. The molecule has 4 fully saturated rings. The van der Waals surface area contributed by atoms with Crippen LogP contribution >= 0.6 is 0 Å². The first kappa shape index (κ1) is 28.2. The van der Waals surface area contributed by atoms with Crippen molar-refractivity contribution in [2.45, 2.75) is 97.2 Å². The predicted octanol–water partition coefficient (Wildman–Crippen LogP) is 4.13. The summed E-state index contributed by atoms with van der Waals surface area (Å²) in [6.45, 7) is 6.48. The van der Waals surface area contributed by atoms with Gasteiger partial charge in [-0.15, -0.1) is 0 Å². The highest BCUT2D eigenvalue weighted by molar-refractivity contribution is 7.81. The minimum Gasteiger partial charge on any atom is -0.481 e. The third-order valence-electron chi connectivity index (χ3n) is 10.7. The van der Waals surface area contributed by atoms with Gasteiger partial charge in [0.15, 0.2) is 0 Å². The summed E-state index contributed by atoms with van der Waals surface area (Å²) in [7, 11) is -9.44. The summed E-state index contributed by atoms with van der Waals surface area (Å²) >= 11 is 0. The van der Waals surface area contributed by atoms with Crippen molar-refractivity contribution in [1.29, 1.82) is 0 Å². The number of aliphatic carboxylic acids is 1. The number of hydrogen-bond donors (Lipinski definition) is 3. The fourth-order valence-corrected chi connectivity index (χ4v) is 10.4. The van der Waals surface area contributed by atoms with Gasteiger partial charge in [0.2, 0.25) is 0 Å². The molecule has 2 unspecified atom stereocenters. The molecule has 4 saturated carbocycles. The molecule has 10 atom stereocenters. The largest absolute Gasteiger partial charge is 0.481 e. The van der Waals surface area contributed by atoms with Crippen molar-refractivity contribution in [2.75, 3.05) is 0 Å². The molecule has 36 heavy (non-hydrogen) atoms. The van der Waals surface area contributed by atoms with Crippen molar-refractivity contribution in [1.82, 2.24) is 0 Å². The van der Waals surface area contributed by atoms with Gasteiger partial charge in [0, 0.05) is 6.42 Å². The molecular formula is C24H40O10S2. The maximum atomic E-state index is 11.9. The molecule has 0 radical (unpaired) electrons. The first-order valence-electron chi connectivity index (χ1n) is 13.1. The Balaban J connectivity index is 1.68. The highest BCUT2D eigenvalue weighted by Crippen LogP contribution is 2.69. The van der Waals surface area contributed by atoms with Crippen molar-refractivity contribution < 1.29 is 44.2 Å². The Morgan fingerprint density at radius 1 is 0.889 bits per heavy atom. The molecule has 0 aromatic rings. The van der Waals surface area contributed by atoms with Crippen LogP contribution in [0.15, 0.2) is 0 Å². The zero-order valence-corrected chi connectivity index (χ0v) is 22.8. The summed E-state index contributed by atoms with van der Waals surface area (Å²) in [5.74, 6) is -0.602. The predicted molar refractivity (Wildman–Crippen MR) is 129 cm³/mol. The van der Waals surface area contributed by atoms with E-state index in [1.54, 1.807) is 0 Å². The maximum Gasteiger partial charge on any atom is 0.397 e. The fourth-order valence-electron chi connectivity index (χ4n) is 9.33. The number of hydrogen-bond acceptors (Lipinski definition) is 7. The molecule has 10 nitrogen and oxygen atoms in total. The highest BCUT2D eigenvalue weighted by Gasteiger charge is 2.64. The zero-order valence-electron chi connectivity index (χ0n) is 21.2. The molecule has 4 aliphatic rings. The van der Waals surface area contributed by atoms with E-state index in [2.05, 4.69) is 20.8 Å². The third-order valence-corrected chi connectivity index (χ3v) is 11.6. The van der Waals surface area contributed by atoms with E-state index in [0.29, 0.717) is 18.8 Å². The second kappa shape index (κ2) is 9.75. The first-order valence-corrected chi connectivity index (χ1v) is 15.8. The summed E-state index contributed by atoms with van der Waals surface area (Å²) in [6.07, 6.45) is 4.83. The van der Waals surface area contributed by atoms with Crippen LogP contribution in [0.2, 0.25) is 0 Å². The normalized spacial score (nSPS) is 43.8. The number of rotatable bonds is 8. The van der Waals surface area contributed by atoms with E-state index in [1.807, 2.05) is 0 Å². The van der Waals surface area contributed by atoms with E-state index in [0.717, 1.165) is 38.5 Å². The Bertz CT molecular complexity index is 1060. The topological polar surface area (TPSA) is 164 Å². The van der Waals surface area contributed by atoms with Crippen molar-refractivity contribution in [3.05, 3.63) is 0 Å². The number of fused-ring (bicyclic) bond motifs is 5. The fraction of sp³-hybridized carbons (Fsp3) is 0.958.